The van der Waals surface area contributed by atoms with Gasteiger partial charge in [-0.1, -0.05) is 6.07 Å². The predicted molar refractivity (Wildman–Crippen MR) is 63.0 cm³/mol. The second kappa shape index (κ2) is 5.16. The second-order valence-corrected chi connectivity index (χ2v) is 3.73. The Kier molecular flexibility index (Phi) is 3.55. The summed E-state index contributed by atoms with van der Waals surface area (Å²) in [5.74, 6) is -0.526. The highest BCUT2D eigenvalue weighted by Gasteiger charge is 2.31. The Morgan fingerprint density at radius 2 is 2.00 bits per heavy atom. The fourth-order valence-corrected chi connectivity index (χ4v) is 1.62. The Bertz CT molecular complexity index is 630. The molecule has 0 aliphatic heterocycles. The highest BCUT2D eigenvalue weighted by atomic mass is 19.4. The molecule has 5 nitrogen and oxygen atoms in total. The minimum Gasteiger partial charge on any atom is -0.406 e. The van der Waals surface area contributed by atoms with Crippen LogP contribution in [0.1, 0.15) is 0 Å². The SMILES string of the molecule is O=[N+]([O-])c1ccc(OC(F)(F)F)cc1-c1cccnc1. The molecular weight excluding hydrogens is 277 g/mol. The quantitative estimate of drug-likeness (QED) is 0.638. The largest absolute Gasteiger partial charge is 0.573 e. The van der Waals surface area contributed by atoms with E-state index in [-0.39, 0.29) is 11.3 Å². The summed E-state index contributed by atoms with van der Waals surface area (Å²) in [6.45, 7) is 0. The zero-order valence-electron chi connectivity index (χ0n) is 9.79. The van der Waals surface area contributed by atoms with E-state index in [2.05, 4.69) is 9.72 Å². The number of nitro benzene ring substituents is 1. The molecule has 1 aromatic heterocycles. The van der Waals surface area contributed by atoms with Crippen LogP contribution in [-0.4, -0.2) is 16.3 Å². The summed E-state index contributed by atoms with van der Waals surface area (Å²) in [6, 6.07) is 5.85. The number of ether oxygens (including phenoxy) is 1. The standard InChI is InChI=1S/C12H7F3N2O3/c13-12(14,15)20-9-3-4-11(17(18)19)10(6-9)8-2-1-5-16-7-8/h1-7H. The number of rotatable bonds is 3. The first-order valence-corrected chi connectivity index (χ1v) is 5.31. The van der Waals surface area contributed by atoms with Gasteiger partial charge in [0.05, 0.1) is 10.5 Å². The van der Waals surface area contributed by atoms with Crippen LogP contribution in [0.5, 0.6) is 5.75 Å². The van der Waals surface area contributed by atoms with Crippen LogP contribution in [0.25, 0.3) is 11.1 Å². The maximum atomic E-state index is 12.2. The smallest absolute Gasteiger partial charge is 0.406 e. The summed E-state index contributed by atoms with van der Waals surface area (Å²) in [7, 11) is 0. The molecular formula is C12H7F3N2O3. The third-order valence-corrected chi connectivity index (χ3v) is 2.37. The van der Waals surface area contributed by atoms with Gasteiger partial charge in [0.15, 0.2) is 0 Å². The maximum absolute atomic E-state index is 12.2. The van der Waals surface area contributed by atoms with Gasteiger partial charge in [0.2, 0.25) is 0 Å². The first-order valence-electron chi connectivity index (χ1n) is 5.31. The van der Waals surface area contributed by atoms with Gasteiger partial charge in [0, 0.05) is 24.0 Å². The molecule has 0 radical (unpaired) electrons. The summed E-state index contributed by atoms with van der Waals surface area (Å²) in [5, 5.41) is 10.9. The molecule has 20 heavy (non-hydrogen) atoms. The molecule has 1 aromatic carbocycles. The molecule has 0 amide bonds. The predicted octanol–water partition coefficient (Wildman–Crippen LogP) is 3.56. The minimum absolute atomic E-state index is 0.00449. The molecule has 0 spiro atoms. The third-order valence-electron chi connectivity index (χ3n) is 2.37. The second-order valence-electron chi connectivity index (χ2n) is 3.73. The van der Waals surface area contributed by atoms with Gasteiger partial charge >= 0.3 is 6.36 Å². The van der Waals surface area contributed by atoms with E-state index in [9.17, 15) is 23.3 Å². The van der Waals surface area contributed by atoms with Crippen LogP contribution in [0.15, 0.2) is 42.7 Å². The average molecular weight is 284 g/mol. The van der Waals surface area contributed by atoms with Gasteiger partial charge in [0.1, 0.15) is 5.75 Å². The van der Waals surface area contributed by atoms with Crippen molar-refractivity contribution >= 4 is 5.69 Å². The molecule has 2 rings (SSSR count). The van der Waals surface area contributed by atoms with E-state index in [1.807, 2.05) is 0 Å². The van der Waals surface area contributed by atoms with Gasteiger partial charge in [-0.2, -0.15) is 0 Å². The Balaban J connectivity index is 2.51. The van der Waals surface area contributed by atoms with E-state index >= 15 is 0 Å². The number of benzene rings is 1. The number of nitro groups is 1. The summed E-state index contributed by atoms with van der Waals surface area (Å²) < 4.78 is 40.3. The number of aromatic nitrogens is 1. The van der Waals surface area contributed by atoms with Crippen LogP contribution in [0, 0.1) is 10.1 Å². The summed E-state index contributed by atoms with van der Waals surface area (Å²) in [5.41, 5.74) is 0.00389. The van der Waals surface area contributed by atoms with Crippen molar-refractivity contribution in [2.75, 3.05) is 0 Å². The van der Waals surface area contributed by atoms with Gasteiger partial charge < -0.3 is 4.74 Å². The van der Waals surface area contributed by atoms with Crippen molar-refractivity contribution in [2.45, 2.75) is 6.36 Å². The summed E-state index contributed by atoms with van der Waals surface area (Å²) >= 11 is 0. The molecule has 104 valence electrons. The Morgan fingerprint density at radius 1 is 1.25 bits per heavy atom. The Hall–Kier alpha value is -2.64. The van der Waals surface area contributed by atoms with Crippen LogP contribution >= 0.6 is 0 Å². The molecule has 0 aliphatic carbocycles. The van der Waals surface area contributed by atoms with Gasteiger partial charge in [-0.05, 0) is 18.2 Å². The molecule has 0 saturated carbocycles. The fourth-order valence-electron chi connectivity index (χ4n) is 1.62. The third kappa shape index (κ3) is 3.22. The van der Waals surface area contributed by atoms with Crippen molar-refractivity contribution in [2.24, 2.45) is 0 Å². The van der Waals surface area contributed by atoms with Gasteiger partial charge in [0.25, 0.3) is 5.69 Å². The normalized spacial score (nSPS) is 11.2. The zero-order valence-corrected chi connectivity index (χ0v) is 9.79. The number of nitrogens with zero attached hydrogens (tertiary/aromatic N) is 2. The molecule has 8 heteroatoms. The summed E-state index contributed by atoms with van der Waals surface area (Å²) in [6.07, 6.45) is -2.09. The summed E-state index contributed by atoms with van der Waals surface area (Å²) in [4.78, 5) is 14.0. The molecule has 0 bridgehead atoms. The van der Waals surface area contributed by atoms with Crippen LogP contribution < -0.4 is 4.74 Å². The number of hydrogen-bond acceptors (Lipinski definition) is 4. The lowest BCUT2D eigenvalue weighted by Gasteiger charge is -2.10. The molecule has 2 aromatic rings. The highest BCUT2D eigenvalue weighted by Crippen LogP contribution is 2.34. The number of hydrogen-bond donors (Lipinski definition) is 0. The van der Waals surface area contributed by atoms with Crippen molar-refractivity contribution < 1.29 is 22.8 Å². The fraction of sp³-hybridized carbons (Fsp3) is 0.0833. The van der Waals surface area contributed by atoms with Crippen LogP contribution in [0.3, 0.4) is 0 Å². The first-order chi connectivity index (χ1) is 9.37. The minimum atomic E-state index is -4.86. The molecule has 0 fully saturated rings. The van der Waals surface area contributed by atoms with Crippen molar-refractivity contribution in [3.8, 4) is 16.9 Å². The molecule has 0 N–H and O–H groups in total. The van der Waals surface area contributed by atoms with E-state index < -0.39 is 17.0 Å². The van der Waals surface area contributed by atoms with E-state index in [1.54, 1.807) is 0 Å². The Morgan fingerprint density at radius 3 is 2.55 bits per heavy atom. The van der Waals surface area contributed by atoms with Gasteiger partial charge in [-0.3, -0.25) is 15.1 Å². The molecule has 0 atom stereocenters. The van der Waals surface area contributed by atoms with Crippen LogP contribution in [0.4, 0.5) is 18.9 Å². The molecule has 0 aliphatic rings. The van der Waals surface area contributed by atoms with E-state index in [4.69, 9.17) is 0 Å². The topological polar surface area (TPSA) is 65.3 Å². The maximum Gasteiger partial charge on any atom is 0.573 e. The van der Waals surface area contributed by atoms with Crippen molar-refractivity contribution in [3.63, 3.8) is 0 Å². The van der Waals surface area contributed by atoms with Crippen molar-refractivity contribution in [1.82, 2.24) is 4.98 Å². The highest BCUT2D eigenvalue weighted by molar-refractivity contribution is 5.74. The average Bonchev–Trinajstić information content (AvgIpc) is 2.37. The molecule has 0 saturated heterocycles. The van der Waals surface area contributed by atoms with E-state index in [1.165, 1.54) is 24.5 Å². The van der Waals surface area contributed by atoms with Crippen molar-refractivity contribution in [1.29, 1.82) is 0 Å². The van der Waals surface area contributed by atoms with E-state index in [0.29, 0.717) is 5.56 Å². The molecule has 1 heterocycles. The van der Waals surface area contributed by atoms with Crippen molar-refractivity contribution in [3.05, 3.63) is 52.8 Å². The monoisotopic (exact) mass is 284 g/mol. The van der Waals surface area contributed by atoms with E-state index in [0.717, 1.165) is 18.2 Å². The lowest BCUT2D eigenvalue weighted by atomic mass is 10.1. The molecule has 0 unspecified atom stereocenters. The van der Waals surface area contributed by atoms with Gasteiger partial charge in [-0.25, -0.2) is 0 Å². The zero-order chi connectivity index (χ0) is 14.8. The van der Waals surface area contributed by atoms with Gasteiger partial charge in [-0.15, -0.1) is 13.2 Å². The van der Waals surface area contributed by atoms with Crippen LogP contribution in [-0.2, 0) is 0 Å². The Labute approximate surface area is 110 Å². The first kappa shape index (κ1) is 13.8. The lowest BCUT2D eigenvalue weighted by molar-refractivity contribution is -0.384. The number of pyridine rings is 1. The number of alkyl halides is 3. The lowest BCUT2D eigenvalue weighted by Crippen LogP contribution is -2.17. The number of halogens is 3. The van der Waals surface area contributed by atoms with Crippen LogP contribution in [0.2, 0.25) is 0 Å².